The standard InChI is InChI=1S/C19H19FN2O4.C19H20FNO4S.2C11H13FN2O2.C7H7ClO2S/c20-16-8-6-14(7-9-16)10-18(24)21-11-17(23)12-22-19(25)26-13-15-4-2-1-3-5-15;1-14-2-8-18(9-3-14)26(24,25)11-10-19(23)21-13-17(22)12-15-4-6-16(20)7-5-15;12-9-3-1-8(2-4-9)5-11(16)14-7-10(15)6-13;12-9-3-1-8(2-4-9)5-10(15)7-14-11(16)6-13;1-6-2-4-7(5-3-6)11(8,9)10/h1-9H,10-13H2,(H,21,24)(H,22,25);2-9H,10-13H2,1H3,(H,21,23);2*1-4H,5-7,13H2,(H,14,16);2-5H,1H3. The number of nitrogens with one attached hydrogen (secondary N) is 5. The third-order valence-electron chi connectivity index (χ3n) is 12.5. The lowest BCUT2D eigenvalue weighted by atomic mass is 10.1. The molecule has 0 aliphatic carbocycles. The van der Waals surface area contributed by atoms with Crippen molar-refractivity contribution in [2.24, 2.45) is 11.5 Å². The molecule has 0 aromatic heterocycles. The molecule has 7 aromatic rings. The van der Waals surface area contributed by atoms with Gasteiger partial charge in [-0.15, -0.1) is 0 Å². The summed E-state index contributed by atoms with van der Waals surface area (Å²) in [5.74, 6) is -4.28. The molecule has 0 spiro atoms. The number of ketones is 4. The molecular weight excluding hydrogens is 1300 g/mol. The van der Waals surface area contributed by atoms with Crippen molar-refractivity contribution in [2.45, 2.75) is 62.3 Å². The first-order valence-electron chi connectivity index (χ1n) is 28.8. The maximum Gasteiger partial charge on any atom is 0.407 e. The molecule has 0 radical (unpaired) electrons. The number of alkyl carbamates (subject to hydrolysis) is 1. The molecule has 7 rings (SSSR count). The molecule has 0 aliphatic heterocycles. The Morgan fingerprint density at radius 3 is 1.13 bits per heavy atom. The van der Waals surface area contributed by atoms with Crippen LogP contribution in [0, 0.1) is 37.1 Å². The highest BCUT2D eigenvalue weighted by molar-refractivity contribution is 8.13. The molecule has 0 aliphatic rings. The van der Waals surface area contributed by atoms with Gasteiger partial charge in [-0.25, -0.2) is 39.2 Å². The van der Waals surface area contributed by atoms with Crippen molar-refractivity contribution in [3.63, 3.8) is 0 Å². The molecular formula is C67H72ClF4N7O14S2. The average Bonchev–Trinajstić information content (AvgIpc) is 1.18. The molecule has 28 heteroatoms. The first-order valence-corrected chi connectivity index (χ1v) is 32.7. The Hall–Kier alpha value is -9.80. The topological polar surface area (TPSA) is 343 Å². The number of rotatable bonds is 27. The number of hydrogen-bond acceptors (Lipinski definition) is 16. The van der Waals surface area contributed by atoms with Gasteiger partial charge in [-0.2, -0.15) is 0 Å². The minimum atomic E-state index is -3.55. The molecule has 0 saturated carbocycles. The number of carbonyl (C=O) groups is 9. The summed E-state index contributed by atoms with van der Waals surface area (Å²) < 4.78 is 101. The van der Waals surface area contributed by atoms with Gasteiger partial charge in [0.1, 0.15) is 29.9 Å². The van der Waals surface area contributed by atoms with E-state index in [1.165, 1.54) is 121 Å². The number of ether oxygens (including phenoxy) is 1. The van der Waals surface area contributed by atoms with Crippen LogP contribution in [0.15, 0.2) is 186 Å². The third-order valence-corrected chi connectivity index (χ3v) is 15.6. The predicted molar refractivity (Wildman–Crippen MR) is 347 cm³/mol. The molecule has 0 unspecified atom stereocenters. The molecule has 0 bridgehead atoms. The lowest BCUT2D eigenvalue weighted by Gasteiger charge is -2.08. The monoisotopic (exact) mass is 1370 g/mol. The van der Waals surface area contributed by atoms with E-state index in [0.717, 1.165) is 16.7 Å². The molecule has 5 amide bonds. The van der Waals surface area contributed by atoms with Crippen LogP contribution >= 0.6 is 10.7 Å². The van der Waals surface area contributed by atoms with Crippen LogP contribution in [0.4, 0.5) is 22.4 Å². The van der Waals surface area contributed by atoms with Crippen molar-refractivity contribution in [1.82, 2.24) is 26.6 Å². The zero-order chi connectivity index (χ0) is 70.3. The summed E-state index contributed by atoms with van der Waals surface area (Å²) in [6.07, 6.45) is -0.522. The van der Waals surface area contributed by atoms with Crippen LogP contribution in [0.25, 0.3) is 0 Å². The van der Waals surface area contributed by atoms with Gasteiger partial charge in [-0.3, -0.25) is 38.4 Å². The van der Waals surface area contributed by atoms with E-state index in [4.69, 9.17) is 26.9 Å². The van der Waals surface area contributed by atoms with Crippen molar-refractivity contribution < 1.29 is 82.3 Å². The van der Waals surface area contributed by atoms with Crippen LogP contribution < -0.4 is 38.1 Å². The Balaban J connectivity index is 0.000000320. The van der Waals surface area contributed by atoms with E-state index in [-0.39, 0.29) is 164 Å². The molecule has 0 atom stereocenters. The van der Waals surface area contributed by atoms with E-state index in [9.17, 15) is 77.5 Å². The molecule has 9 N–H and O–H groups in total. The Morgan fingerprint density at radius 1 is 0.389 bits per heavy atom. The fourth-order valence-corrected chi connectivity index (χ4v) is 9.32. The maximum absolute atomic E-state index is 12.8. The second-order valence-corrected chi connectivity index (χ2v) is 25.1. The number of amides is 5. The van der Waals surface area contributed by atoms with Gasteiger partial charge < -0.3 is 42.8 Å². The van der Waals surface area contributed by atoms with Crippen LogP contribution in [0.5, 0.6) is 0 Å². The molecule has 21 nitrogen and oxygen atoms in total. The first-order chi connectivity index (χ1) is 45.0. The van der Waals surface area contributed by atoms with Gasteiger partial charge in [0.15, 0.2) is 33.0 Å². The zero-order valence-electron chi connectivity index (χ0n) is 51.7. The maximum atomic E-state index is 12.8. The second kappa shape index (κ2) is 42.4. The van der Waals surface area contributed by atoms with Crippen molar-refractivity contribution in [1.29, 1.82) is 0 Å². The number of halogens is 5. The van der Waals surface area contributed by atoms with Crippen molar-refractivity contribution in [3.8, 4) is 0 Å². The number of sulfone groups is 1. The van der Waals surface area contributed by atoms with Gasteiger partial charge in [0, 0.05) is 29.9 Å². The number of nitrogens with two attached hydrogens (primary N) is 2. The van der Waals surface area contributed by atoms with Crippen molar-refractivity contribution in [3.05, 3.63) is 238 Å². The highest BCUT2D eigenvalue weighted by Crippen LogP contribution is 2.16. The number of carbonyl (C=O) groups excluding carboxylic acids is 9. The highest BCUT2D eigenvalue weighted by atomic mass is 35.7. The van der Waals surface area contributed by atoms with Crippen LogP contribution in [-0.2, 0) is 94.3 Å². The highest BCUT2D eigenvalue weighted by Gasteiger charge is 2.18. The Bertz CT molecular complexity index is 3790. The Morgan fingerprint density at radius 2 is 0.737 bits per heavy atom. The number of Topliss-reactive ketones (excluding diaryl/α,β-unsaturated/α-hetero) is 4. The van der Waals surface area contributed by atoms with E-state index < -0.39 is 30.9 Å². The summed E-state index contributed by atoms with van der Waals surface area (Å²) in [5.41, 5.74) is 15.6. The largest absolute Gasteiger partial charge is 0.445 e. The number of benzene rings is 7. The average molecular weight is 1370 g/mol. The zero-order valence-corrected chi connectivity index (χ0v) is 54.1. The summed E-state index contributed by atoms with van der Waals surface area (Å²) in [7, 11) is -2.01. The summed E-state index contributed by atoms with van der Waals surface area (Å²) in [6.45, 7) is 2.86. The fourth-order valence-electron chi connectivity index (χ4n) is 7.31. The van der Waals surface area contributed by atoms with Gasteiger partial charge in [-0.1, -0.05) is 114 Å². The molecule has 7 aromatic carbocycles. The molecule has 0 heterocycles. The van der Waals surface area contributed by atoms with Gasteiger partial charge in [0.2, 0.25) is 23.6 Å². The SMILES string of the molecule is Cc1ccc(S(=O)(=O)CCC(=O)NCC(=O)Cc2ccc(F)cc2)cc1.Cc1ccc(S(=O)(=O)Cl)cc1.NCC(=O)CNC(=O)Cc1ccc(F)cc1.NCC(=O)NCC(=O)Cc1ccc(F)cc1.O=C(CNC(=O)Cc1ccc(F)cc1)CNC(=O)OCc1ccccc1. The molecule has 0 fully saturated rings. The normalized spacial score (nSPS) is 10.5. The Kier molecular flexibility index (Phi) is 35.5. The quantitative estimate of drug-likeness (QED) is 0.0224. The van der Waals surface area contributed by atoms with Crippen LogP contribution in [0.1, 0.15) is 45.4 Å². The van der Waals surface area contributed by atoms with E-state index >= 15 is 0 Å². The number of hydrogen-bond donors (Lipinski definition) is 7. The third kappa shape index (κ3) is 35.7. The van der Waals surface area contributed by atoms with E-state index in [1.54, 1.807) is 24.3 Å². The van der Waals surface area contributed by atoms with E-state index in [2.05, 4.69) is 26.6 Å². The van der Waals surface area contributed by atoms with Gasteiger partial charge in [-0.05, 0) is 114 Å². The smallest absolute Gasteiger partial charge is 0.407 e. The van der Waals surface area contributed by atoms with Crippen molar-refractivity contribution in [2.75, 3.05) is 51.6 Å². The molecule has 506 valence electrons. The summed E-state index contributed by atoms with van der Waals surface area (Å²) in [5, 5.41) is 12.0. The molecule has 0 saturated heterocycles. The minimum absolute atomic E-state index is 0.0418. The summed E-state index contributed by atoms with van der Waals surface area (Å²) >= 11 is 0. The minimum Gasteiger partial charge on any atom is -0.445 e. The summed E-state index contributed by atoms with van der Waals surface area (Å²) in [6, 6.07) is 44.3. The van der Waals surface area contributed by atoms with Crippen molar-refractivity contribution >= 4 is 82.4 Å². The van der Waals surface area contributed by atoms with Gasteiger partial charge in [0.05, 0.1) is 74.2 Å². The number of aryl methyl sites for hydroxylation is 2. The van der Waals surface area contributed by atoms with Crippen LogP contribution in [-0.4, -0.2) is 121 Å². The second-order valence-electron chi connectivity index (χ2n) is 20.4. The molecule has 95 heavy (non-hydrogen) atoms. The lowest BCUT2D eigenvalue weighted by Crippen LogP contribution is -2.37. The lowest BCUT2D eigenvalue weighted by molar-refractivity contribution is -0.124. The van der Waals surface area contributed by atoms with Crippen LogP contribution in [0.3, 0.4) is 0 Å². The predicted octanol–water partition coefficient (Wildman–Crippen LogP) is 6.15. The summed E-state index contributed by atoms with van der Waals surface area (Å²) in [4.78, 5) is 103. The van der Waals surface area contributed by atoms with Gasteiger partial charge >= 0.3 is 6.09 Å². The van der Waals surface area contributed by atoms with Gasteiger partial charge in [0.25, 0.3) is 9.05 Å². The first kappa shape index (κ1) is 79.4. The fraction of sp³-hybridized carbons (Fsp3) is 0.239. The van der Waals surface area contributed by atoms with E-state index in [0.29, 0.717) is 22.3 Å². The van der Waals surface area contributed by atoms with Crippen LogP contribution in [0.2, 0.25) is 0 Å². The van der Waals surface area contributed by atoms with E-state index in [1.807, 2.05) is 44.2 Å². The Labute approximate surface area is 552 Å².